The normalized spacial score (nSPS) is 32.4. The number of hydrogen-bond donors (Lipinski definition) is 1. The summed E-state index contributed by atoms with van der Waals surface area (Å²) in [4.78, 5) is 38.3. The maximum atomic E-state index is 14.0. The van der Waals surface area contributed by atoms with Crippen molar-refractivity contribution >= 4 is 44.6 Å². The second-order valence-electron chi connectivity index (χ2n) is 16.2. The molecular weight excluding hydrogens is 680 g/mol. The molecule has 7 atom stereocenters. The molecule has 1 saturated carbocycles. The van der Waals surface area contributed by atoms with E-state index in [1.54, 1.807) is 12.3 Å². The summed E-state index contributed by atoms with van der Waals surface area (Å²) >= 11 is 6.49. The summed E-state index contributed by atoms with van der Waals surface area (Å²) in [6, 6.07) is 13.7. The Balaban J connectivity index is 1.27. The van der Waals surface area contributed by atoms with E-state index >= 15 is 0 Å². The lowest BCUT2D eigenvalue weighted by atomic mass is 9.56. The number of aromatic nitrogens is 2. The first kappa shape index (κ1) is 36.0. The van der Waals surface area contributed by atoms with Crippen molar-refractivity contribution in [2.24, 2.45) is 23.2 Å². The maximum Gasteiger partial charge on any atom is 0.262 e. The number of nitrogens with one attached hydrogen (secondary N) is 1. The van der Waals surface area contributed by atoms with Crippen molar-refractivity contribution in [2.75, 3.05) is 24.6 Å². The molecule has 0 saturated heterocycles. The number of fused-ring (bicyclic) bond motifs is 4. The van der Waals surface area contributed by atoms with E-state index in [9.17, 15) is 13.8 Å². The third-order valence-corrected chi connectivity index (χ3v) is 15.2. The first-order valence-electron chi connectivity index (χ1n) is 18.6. The molecule has 1 spiro atoms. The quantitative estimate of drug-likeness (QED) is 0.279. The van der Waals surface area contributed by atoms with Gasteiger partial charge in [-0.15, -0.1) is 0 Å². The van der Waals surface area contributed by atoms with Crippen molar-refractivity contribution in [3.63, 3.8) is 0 Å². The van der Waals surface area contributed by atoms with Gasteiger partial charge in [-0.1, -0.05) is 37.9 Å². The number of carbonyl (C=O) groups excluding carboxylic acids is 2. The van der Waals surface area contributed by atoms with Crippen LogP contribution in [0.25, 0.3) is 0 Å². The molecule has 51 heavy (non-hydrogen) atoms. The number of Topliss-reactive ketones (excluding diaryl/α,β-unsaturated/α-hetero) is 1. The number of aryl methyl sites for hydroxylation is 1. The summed E-state index contributed by atoms with van der Waals surface area (Å²) in [5, 5.41) is 0.428. The van der Waals surface area contributed by atoms with Gasteiger partial charge < -0.3 is 9.64 Å². The lowest BCUT2D eigenvalue weighted by molar-refractivity contribution is -0.123. The minimum absolute atomic E-state index is 0.0711. The van der Waals surface area contributed by atoms with E-state index in [0.717, 1.165) is 86.6 Å². The largest absolute Gasteiger partial charge is 0.490 e. The summed E-state index contributed by atoms with van der Waals surface area (Å²) in [7, 11) is -2.95. The maximum absolute atomic E-state index is 14.0. The molecule has 2 bridgehead atoms. The van der Waals surface area contributed by atoms with Crippen molar-refractivity contribution in [2.45, 2.75) is 95.6 Å². The highest BCUT2D eigenvalue weighted by Gasteiger charge is 2.48. The number of benzene rings is 2. The van der Waals surface area contributed by atoms with E-state index in [2.05, 4.69) is 51.4 Å². The van der Waals surface area contributed by atoms with Crippen molar-refractivity contribution < 1.29 is 18.5 Å². The number of rotatable bonds is 4. The Morgan fingerprint density at radius 1 is 1.12 bits per heavy atom. The average molecular weight is 731 g/mol. The van der Waals surface area contributed by atoms with Crippen LogP contribution in [-0.4, -0.2) is 56.7 Å². The van der Waals surface area contributed by atoms with Gasteiger partial charge in [-0.2, -0.15) is 0 Å². The second-order valence-corrected chi connectivity index (χ2v) is 19.0. The van der Waals surface area contributed by atoms with Gasteiger partial charge >= 0.3 is 0 Å². The number of ether oxygens (including phenoxy) is 1. The molecule has 4 aliphatic rings. The molecular formula is C41H51ClN4O4S. The Morgan fingerprint density at radius 2 is 1.96 bits per heavy atom. The summed E-state index contributed by atoms with van der Waals surface area (Å²) in [6.07, 6.45) is 11.8. The van der Waals surface area contributed by atoms with Crippen LogP contribution in [0.5, 0.6) is 5.75 Å². The molecule has 0 radical (unpaired) electrons. The van der Waals surface area contributed by atoms with Crippen molar-refractivity contribution in [1.82, 2.24) is 14.7 Å². The van der Waals surface area contributed by atoms with E-state index < -0.39 is 9.71 Å². The summed E-state index contributed by atoms with van der Waals surface area (Å²) in [5.74, 6) is 5.43. The minimum atomic E-state index is -2.95. The van der Waals surface area contributed by atoms with E-state index in [4.69, 9.17) is 16.3 Å². The van der Waals surface area contributed by atoms with Crippen molar-refractivity contribution in [1.29, 1.82) is 0 Å². The second kappa shape index (κ2) is 14.2. The number of ketones is 1. The van der Waals surface area contributed by atoms with Crippen LogP contribution in [0.15, 0.2) is 55.0 Å². The number of nitrogens with zero attached hydrogens (tertiary/aromatic N) is 3. The van der Waals surface area contributed by atoms with Gasteiger partial charge in [0.2, 0.25) is 0 Å². The Bertz CT molecular complexity index is 1900. The van der Waals surface area contributed by atoms with E-state index in [0.29, 0.717) is 36.8 Å². The van der Waals surface area contributed by atoms with Gasteiger partial charge in [-0.25, -0.2) is 14.2 Å². The van der Waals surface area contributed by atoms with Crippen LogP contribution in [0.2, 0.25) is 5.02 Å². The SMILES string of the molecule is C=S1(=O)NC(=O)c2ccc3c(c2)N(C[C@@H]2CC[C@H]2[C@](C)(CC(=O)Cc2ccncn2)CCC[C@H](C)[C@H]1C)C[C@@]1(CCCc2cc(Cl)ccc21)CO3. The van der Waals surface area contributed by atoms with Crippen LogP contribution in [-0.2, 0) is 32.8 Å². The smallest absolute Gasteiger partial charge is 0.262 e. The van der Waals surface area contributed by atoms with Gasteiger partial charge in [0.15, 0.2) is 0 Å². The Labute approximate surface area is 308 Å². The zero-order valence-electron chi connectivity index (χ0n) is 30.2. The van der Waals surface area contributed by atoms with Crippen molar-refractivity contribution in [3.05, 3.63) is 82.4 Å². The molecule has 1 unspecified atom stereocenters. The predicted octanol–water partition coefficient (Wildman–Crippen LogP) is 7.41. The third-order valence-electron chi connectivity index (χ3n) is 12.8. The van der Waals surface area contributed by atoms with E-state index in [-0.39, 0.29) is 33.7 Å². The predicted molar refractivity (Wildman–Crippen MR) is 205 cm³/mol. The standard InChI is InChI=1S/C41H51ClN4O4S/c1-27-7-5-16-40(3,22-34(47)21-33-15-18-43-26-44-33)35-12-9-31(35)23-46-24-41(17-6-8-29-19-32(42)11-13-36(29)41)25-50-38-14-10-30(20-37(38)46)39(48)45-51(4,49)28(27)2/h10-11,13-15,18-20,26-28,31,35H,4-9,12,16-17,21-25H2,1-3H3,(H,45,48,49)/t27-,28+,31-,35+,40-,41-,51?/m0/s1. The van der Waals surface area contributed by atoms with Gasteiger partial charge in [0, 0.05) is 53.4 Å². The highest BCUT2D eigenvalue weighted by molar-refractivity contribution is 7.99. The van der Waals surface area contributed by atoms with Crippen molar-refractivity contribution in [3.8, 4) is 5.75 Å². The van der Waals surface area contributed by atoms with Gasteiger partial charge in [0.25, 0.3) is 5.91 Å². The zero-order valence-corrected chi connectivity index (χ0v) is 31.7. The Hall–Kier alpha value is -3.43. The fourth-order valence-electron chi connectivity index (χ4n) is 9.53. The molecule has 10 heteroatoms. The monoisotopic (exact) mass is 730 g/mol. The van der Waals surface area contributed by atoms with Crippen LogP contribution < -0.4 is 14.4 Å². The molecule has 272 valence electrons. The number of carbonyl (C=O) groups is 2. The molecule has 1 N–H and O–H groups in total. The van der Waals surface area contributed by atoms with E-state index in [1.807, 2.05) is 31.2 Å². The number of amides is 1. The minimum Gasteiger partial charge on any atom is -0.490 e. The van der Waals surface area contributed by atoms with Crippen LogP contribution in [0.4, 0.5) is 5.69 Å². The van der Waals surface area contributed by atoms with Gasteiger partial charge in [0.05, 0.1) is 27.7 Å². The molecule has 2 aliphatic carbocycles. The van der Waals surface area contributed by atoms with Crippen LogP contribution in [0, 0.1) is 23.2 Å². The Morgan fingerprint density at radius 3 is 2.73 bits per heavy atom. The molecule has 3 aromatic rings. The molecule has 8 nitrogen and oxygen atoms in total. The zero-order chi connectivity index (χ0) is 36.0. The molecule has 2 aliphatic heterocycles. The number of anilines is 1. The molecule has 1 fully saturated rings. The van der Waals surface area contributed by atoms with Crippen LogP contribution >= 0.6 is 11.6 Å². The third kappa shape index (κ3) is 7.30. The Kier molecular flexibility index (Phi) is 10.00. The first-order chi connectivity index (χ1) is 24.4. The highest BCUT2D eigenvalue weighted by Crippen LogP contribution is 2.53. The van der Waals surface area contributed by atoms with Gasteiger partial charge in [-0.05, 0) is 128 Å². The van der Waals surface area contributed by atoms with Crippen LogP contribution in [0.3, 0.4) is 0 Å². The summed E-state index contributed by atoms with van der Waals surface area (Å²) in [6.45, 7) is 8.42. The lowest BCUT2D eigenvalue weighted by Gasteiger charge is -2.51. The molecule has 3 heterocycles. The molecule has 7 rings (SSSR count). The number of hydrogen-bond acceptors (Lipinski definition) is 7. The average Bonchev–Trinajstić information content (AvgIpc) is 3.22. The number of halogens is 1. The van der Waals surface area contributed by atoms with Crippen LogP contribution in [0.1, 0.15) is 99.3 Å². The first-order valence-corrected chi connectivity index (χ1v) is 20.8. The summed E-state index contributed by atoms with van der Waals surface area (Å²) in [5.41, 5.74) is 4.21. The lowest BCUT2D eigenvalue weighted by Crippen LogP contribution is -2.50. The molecule has 1 aromatic heterocycles. The molecule has 2 aromatic carbocycles. The van der Waals surface area contributed by atoms with Gasteiger partial charge in [-0.3, -0.25) is 14.3 Å². The molecule has 1 amide bonds. The topological polar surface area (TPSA) is 101 Å². The highest BCUT2D eigenvalue weighted by atomic mass is 35.5. The van der Waals surface area contributed by atoms with E-state index in [1.165, 1.54) is 17.5 Å². The van der Waals surface area contributed by atoms with Gasteiger partial charge in [0.1, 0.15) is 17.9 Å². The fourth-order valence-corrected chi connectivity index (χ4v) is 11.2. The summed E-state index contributed by atoms with van der Waals surface area (Å²) < 4.78 is 23.5. The fraction of sp³-hybridized carbons (Fsp3) is 0.537.